The quantitative estimate of drug-likeness (QED) is 0.372. The van der Waals surface area contributed by atoms with Gasteiger partial charge < -0.3 is 18.9 Å². The van der Waals surface area contributed by atoms with Crippen LogP contribution >= 0.6 is 11.6 Å². The van der Waals surface area contributed by atoms with E-state index in [1.54, 1.807) is 0 Å². The smallest absolute Gasteiger partial charge is 0.138 e. The molecule has 0 radical (unpaired) electrons. The Morgan fingerprint density at radius 2 is 1.52 bits per heavy atom. The minimum atomic E-state index is -0.198. The molecule has 170 valence electrons. The summed E-state index contributed by atoms with van der Waals surface area (Å²) in [5, 5.41) is 0.678. The van der Waals surface area contributed by atoms with Gasteiger partial charge in [-0.15, -0.1) is 0 Å². The van der Waals surface area contributed by atoms with Gasteiger partial charge in [0.1, 0.15) is 23.8 Å². The number of ether oxygens (including phenoxy) is 1. The molecule has 5 nitrogen and oxygen atoms in total. The fourth-order valence-electron chi connectivity index (χ4n) is 4.33. The number of hydrogen-bond donors (Lipinski definition) is 0. The van der Waals surface area contributed by atoms with Crippen molar-refractivity contribution in [1.29, 1.82) is 0 Å². The maximum atomic E-state index is 13.2. The number of hydrogen-bond acceptors (Lipinski definition) is 4. The van der Waals surface area contributed by atoms with Crippen molar-refractivity contribution in [2.24, 2.45) is 0 Å². The number of piperazine rings is 1. The predicted octanol–water partition coefficient (Wildman–Crippen LogP) is 5.59. The number of pyridine rings is 1. The lowest BCUT2D eigenvalue weighted by atomic mass is 10.2. The van der Waals surface area contributed by atoms with Crippen LogP contribution in [-0.2, 0) is 13.0 Å². The molecule has 0 atom stereocenters. The summed E-state index contributed by atoms with van der Waals surface area (Å²) in [7, 11) is 0. The number of benzene rings is 2. The van der Waals surface area contributed by atoms with Crippen LogP contribution in [0.3, 0.4) is 0 Å². The predicted molar refractivity (Wildman–Crippen MR) is 131 cm³/mol. The zero-order chi connectivity index (χ0) is 22.8. The number of anilines is 2. The Kier molecular flexibility index (Phi) is 6.09. The first-order chi connectivity index (χ1) is 16.1. The average Bonchev–Trinajstić information content (AvgIpc) is 3.20. The second-order valence-electron chi connectivity index (χ2n) is 8.16. The van der Waals surface area contributed by atoms with E-state index in [0.29, 0.717) is 11.6 Å². The van der Waals surface area contributed by atoms with Crippen LogP contribution in [0.5, 0.6) is 5.75 Å². The molecule has 0 saturated carbocycles. The Morgan fingerprint density at radius 1 is 0.909 bits per heavy atom. The molecule has 4 aromatic rings. The first kappa shape index (κ1) is 21.6. The molecular weight excluding hydrogens is 439 g/mol. The fraction of sp³-hybridized carbons (Fsp3) is 0.269. The topological polar surface area (TPSA) is 33.0 Å². The van der Waals surface area contributed by atoms with Gasteiger partial charge in [-0.25, -0.2) is 9.37 Å². The van der Waals surface area contributed by atoms with E-state index in [2.05, 4.69) is 33.8 Å². The third-order valence-corrected chi connectivity index (χ3v) is 6.39. The minimum Gasteiger partial charge on any atom is -0.487 e. The summed E-state index contributed by atoms with van der Waals surface area (Å²) >= 11 is 6.12. The second-order valence-corrected chi connectivity index (χ2v) is 8.60. The van der Waals surface area contributed by atoms with Crippen molar-refractivity contribution in [2.45, 2.75) is 20.0 Å². The van der Waals surface area contributed by atoms with Crippen molar-refractivity contribution >= 4 is 28.6 Å². The Hall–Kier alpha value is -3.25. The summed E-state index contributed by atoms with van der Waals surface area (Å²) in [4.78, 5) is 9.34. The Bertz CT molecular complexity index is 1230. The zero-order valence-electron chi connectivity index (χ0n) is 18.5. The van der Waals surface area contributed by atoms with Gasteiger partial charge in [0.2, 0.25) is 0 Å². The van der Waals surface area contributed by atoms with Crippen molar-refractivity contribution in [1.82, 2.24) is 9.38 Å². The summed E-state index contributed by atoms with van der Waals surface area (Å²) in [6, 6.07) is 18.7. The molecule has 2 aromatic heterocycles. The number of halogens is 2. The van der Waals surface area contributed by atoms with Crippen LogP contribution in [-0.4, -0.2) is 35.6 Å². The van der Waals surface area contributed by atoms with Gasteiger partial charge in [-0.2, -0.15) is 0 Å². The lowest BCUT2D eigenvalue weighted by molar-refractivity contribution is 0.299. The van der Waals surface area contributed by atoms with E-state index in [-0.39, 0.29) is 5.82 Å². The normalized spacial score (nSPS) is 14.2. The molecular formula is C26H26ClFN4O. The number of aromatic nitrogens is 2. The van der Waals surface area contributed by atoms with Crippen LogP contribution in [0.4, 0.5) is 15.8 Å². The Labute approximate surface area is 198 Å². The third kappa shape index (κ3) is 4.62. The van der Waals surface area contributed by atoms with Crippen molar-refractivity contribution in [3.8, 4) is 5.75 Å². The van der Waals surface area contributed by atoms with Gasteiger partial charge in [0.15, 0.2) is 0 Å². The van der Waals surface area contributed by atoms with Gasteiger partial charge in [0, 0.05) is 54.8 Å². The van der Waals surface area contributed by atoms with E-state index in [0.717, 1.165) is 61.1 Å². The summed E-state index contributed by atoms with van der Waals surface area (Å²) < 4.78 is 21.3. The molecule has 1 aliphatic heterocycles. The molecule has 1 saturated heterocycles. The van der Waals surface area contributed by atoms with Crippen molar-refractivity contribution in [2.75, 3.05) is 36.0 Å². The second kappa shape index (κ2) is 9.32. The standard InChI is InChI=1S/C26H26ClFN4O/c1-2-24-25(32-12-11-19(27)17-26(32)29-24)18-33-23-9-7-22(8-10-23)31-15-13-30(14-16-31)21-5-3-20(28)4-6-21/h3-12,17H,2,13-16,18H2,1H3. The van der Waals surface area contributed by atoms with Crippen molar-refractivity contribution < 1.29 is 9.13 Å². The van der Waals surface area contributed by atoms with Crippen LogP contribution in [0.1, 0.15) is 18.3 Å². The van der Waals surface area contributed by atoms with E-state index in [1.807, 2.05) is 47.0 Å². The van der Waals surface area contributed by atoms with E-state index in [9.17, 15) is 4.39 Å². The highest BCUT2D eigenvalue weighted by atomic mass is 35.5. The Balaban J connectivity index is 1.21. The Morgan fingerprint density at radius 3 is 2.12 bits per heavy atom. The van der Waals surface area contributed by atoms with Crippen LogP contribution in [0, 0.1) is 5.82 Å². The van der Waals surface area contributed by atoms with Crippen LogP contribution in [0.2, 0.25) is 5.02 Å². The molecule has 33 heavy (non-hydrogen) atoms. The molecule has 0 unspecified atom stereocenters. The van der Waals surface area contributed by atoms with Crippen molar-refractivity contribution in [3.05, 3.63) is 89.1 Å². The van der Waals surface area contributed by atoms with Gasteiger partial charge in [0.25, 0.3) is 0 Å². The monoisotopic (exact) mass is 464 g/mol. The molecule has 0 bridgehead atoms. The van der Waals surface area contributed by atoms with E-state index in [4.69, 9.17) is 16.3 Å². The lowest BCUT2D eigenvalue weighted by Crippen LogP contribution is -2.46. The molecule has 0 N–H and O–H groups in total. The molecule has 0 spiro atoms. The number of imidazole rings is 1. The van der Waals surface area contributed by atoms with Gasteiger partial charge in [-0.1, -0.05) is 18.5 Å². The van der Waals surface area contributed by atoms with Gasteiger partial charge in [-0.05, 0) is 61.0 Å². The largest absolute Gasteiger partial charge is 0.487 e. The number of fused-ring (bicyclic) bond motifs is 1. The summed E-state index contributed by atoms with van der Waals surface area (Å²) in [5.41, 5.74) is 5.16. The molecule has 0 amide bonds. The molecule has 5 rings (SSSR count). The number of aryl methyl sites for hydroxylation is 1. The van der Waals surface area contributed by atoms with E-state index in [1.165, 1.54) is 17.8 Å². The van der Waals surface area contributed by atoms with Crippen molar-refractivity contribution in [3.63, 3.8) is 0 Å². The average molecular weight is 465 g/mol. The summed E-state index contributed by atoms with van der Waals surface area (Å²) in [6.45, 7) is 6.19. The zero-order valence-corrected chi connectivity index (χ0v) is 19.3. The highest BCUT2D eigenvalue weighted by Gasteiger charge is 2.18. The molecule has 1 aliphatic rings. The SMILES string of the molecule is CCc1nc2cc(Cl)ccn2c1COc1ccc(N2CCN(c3ccc(F)cc3)CC2)cc1. The first-order valence-corrected chi connectivity index (χ1v) is 11.6. The molecule has 1 fully saturated rings. The van der Waals surface area contributed by atoms with Crippen LogP contribution < -0.4 is 14.5 Å². The van der Waals surface area contributed by atoms with Gasteiger partial charge >= 0.3 is 0 Å². The summed E-state index contributed by atoms with van der Waals surface area (Å²) in [5.74, 6) is 0.631. The fourth-order valence-corrected chi connectivity index (χ4v) is 4.49. The number of nitrogens with zero attached hydrogens (tertiary/aromatic N) is 4. The molecule has 2 aromatic carbocycles. The van der Waals surface area contributed by atoms with E-state index >= 15 is 0 Å². The van der Waals surface area contributed by atoms with Gasteiger partial charge in [-0.3, -0.25) is 0 Å². The first-order valence-electron chi connectivity index (χ1n) is 11.2. The molecule has 0 aliphatic carbocycles. The lowest BCUT2D eigenvalue weighted by Gasteiger charge is -2.37. The van der Waals surface area contributed by atoms with Crippen LogP contribution in [0.15, 0.2) is 66.9 Å². The third-order valence-electron chi connectivity index (χ3n) is 6.15. The van der Waals surface area contributed by atoms with E-state index < -0.39 is 0 Å². The van der Waals surface area contributed by atoms with Gasteiger partial charge in [0.05, 0.1) is 11.4 Å². The maximum absolute atomic E-state index is 13.2. The highest BCUT2D eigenvalue weighted by molar-refractivity contribution is 6.30. The molecule has 7 heteroatoms. The van der Waals surface area contributed by atoms with Crippen LogP contribution in [0.25, 0.3) is 5.65 Å². The highest BCUT2D eigenvalue weighted by Crippen LogP contribution is 2.25. The molecule has 3 heterocycles. The minimum absolute atomic E-state index is 0.198. The summed E-state index contributed by atoms with van der Waals surface area (Å²) in [6.07, 6.45) is 2.78. The maximum Gasteiger partial charge on any atom is 0.138 e. The number of rotatable bonds is 6.